The van der Waals surface area contributed by atoms with Crippen molar-refractivity contribution < 1.29 is 29.4 Å². The highest BCUT2D eigenvalue weighted by molar-refractivity contribution is 7.99. The zero-order chi connectivity index (χ0) is 26.0. The Kier molecular flexibility index (Phi) is 6.89. The lowest BCUT2D eigenvalue weighted by molar-refractivity contribution is -0.139. The Hall–Kier alpha value is -4.44. The lowest BCUT2D eigenvalue weighted by Crippen LogP contribution is -2.33. The van der Waals surface area contributed by atoms with Crippen molar-refractivity contribution in [3.05, 3.63) is 88.5 Å². The molecule has 3 aromatic carbocycles. The van der Waals surface area contributed by atoms with Crippen molar-refractivity contribution in [2.24, 2.45) is 10.7 Å². The summed E-state index contributed by atoms with van der Waals surface area (Å²) in [4.78, 5) is 54.2. The first kappa shape index (κ1) is 24.7. The van der Waals surface area contributed by atoms with Gasteiger partial charge in [-0.15, -0.1) is 0 Å². The van der Waals surface area contributed by atoms with E-state index in [4.69, 9.17) is 10.8 Å². The summed E-state index contributed by atoms with van der Waals surface area (Å²) in [5.41, 5.74) is 7.98. The number of aliphatic imine (C=N–C) groups is 1. The summed E-state index contributed by atoms with van der Waals surface area (Å²) in [6.07, 6.45) is 0.0588. The highest BCUT2D eigenvalue weighted by Crippen LogP contribution is 2.39. The summed E-state index contributed by atoms with van der Waals surface area (Å²) in [6, 6.07) is 14.1. The highest BCUT2D eigenvalue weighted by atomic mass is 32.2. The van der Waals surface area contributed by atoms with Gasteiger partial charge in [0.05, 0.1) is 23.2 Å². The van der Waals surface area contributed by atoms with Crippen molar-refractivity contribution >= 4 is 46.9 Å². The molecule has 0 bridgehead atoms. The second-order valence-electron chi connectivity index (χ2n) is 8.11. The Morgan fingerprint density at radius 1 is 1.03 bits per heavy atom. The van der Waals surface area contributed by atoms with Gasteiger partial charge in [-0.1, -0.05) is 30.0 Å². The molecule has 0 unspecified atom stereocenters. The van der Waals surface area contributed by atoms with E-state index >= 15 is 0 Å². The summed E-state index contributed by atoms with van der Waals surface area (Å²) in [6.45, 7) is 1.89. The molecule has 0 aliphatic carbocycles. The van der Waals surface area contributed by atoms with Gasteiger partial charge >= 0.3 is 11.9 Å². The Morgan fingerprint density at radius 3 is 2.42 bits per heavy atom. The van der Waals surface area contributed by atoms with Gasteiger partial charge < -0.3 is 21.3 Å². The van der Waals surface area contributed by atoms with Crippen molar-refractivity contribution in [3.63, 3.8) is 0 Å². The van der Waals surface area contributed by atoms with E-state index in [2.05, 4.69) is 10.3 Å². The van der Waals surface area contributed by atoms with E-state index in [1.54, 1.807) is 30.3 Å². The van der Waals surface area contributed by atoms with Crippen LogP contribution in [0, 0.1) is 6.92 Å². The van der Waals surface area contributed by atoms with Gasteiger partial charge in [-0.2, -0.15) is 0 Å². The number of aliphatic carboxylic acids is 1. The van der Waals surface area contributed by atoms with Gasteiger partial charge in [-0.25, -0.2) is 14.6 Å². The minimum Gasteiger partial charge on any atom is -0.479 e. The third kappa shape index (κ3) is 5.13. The molecule has 1 aliphatic heterocycles. The number of Topliss-reactive ketones (excluding diaryl/α,β-unsaturated/α-hetero) is 1. The maximum absolute atomic E-state index is 12.8. The molecule has 5 N–H and O–H groups in total. The van der Waals surface area contributed by atoms with Crippen LogP contribution in [-0.2, 0) is 4.79 Å². The van der Waals surface area contributed by atoms with E-state index < -0.39 is 23.9 Å². The molecule has 0 saturated heterocycles. The third-order valence-corrected chi connectivity index (χ3v) is 6.78. The van der Waals surface area contributed by atoms with E-state index in [-0.39, 0.29) is 34.7 Å². The van der Waals surface area contributed by atoms with Crippen LogP contribution in [0.5, 0.6) is 0 Å². The summed E-state index contributed by atoms with van der Waals surface area (Å²) in [5.74, 6) is -2.99. The quantitative estimate of drug-likeness (QED) is 0.377. The number of nitrogens with two attached hydrogens (primary N) is 1. The van der Waals surface area contributed by atoms with E-state index in [1.165, 1.54) is 36.0 Å². The average molecular weight is 504 g/mol. The van der Waals surface area contributed by atoms with Crippen molar-refractivity contribution in [1.82, 2.24) is 5.32 Å². The summed E-state index contributed by atoms with van der Waals surface area (Å²) in [5, 5.41) is 21.2. The molecule has 3 aromatic rings. The smallest absolute Gasteiger partial charge is 0.335 e. The molecular weight excluding hydrogens is 482 g/mol. The highest BCUT2D eigenvalue weighted by Gasteiger charge is 2.25. The SMILES string of the molecule is Cc1ccc2c(c1Sc1ccc(C(=O)N[C@H](C(=O)O)c3cccc(C(=O)O)c3)cc1)C(=O)CC(N)=N2. The summed E-state index contributed by atoms with van der Waals surface area (Å²) >= 11 is 1.36. The monoisotopic (exact) mass is 503 g/mol. The van der Waals surface area contributed by atoms with Gasteiger partial charge in [0.15, 0.2) is 11.8 Å². The number of benzene rings is 3. The number of amidine groups is 1. The number of carbonyl (C=O) groups excluding carboxylic acids is 2. The van der Waals surface area contributed by atoms with Crippen LogP contribution in [0.15, 0.2) is 75.4 Å². The van der Waals surface area contributed by atoms with E-state index in [0.717, 1.165) is 15.4 Å². The first-order chi connectivity index (χ1) is 17.1. The predicted octanol–water partition coefficient (Wildman–Crippen LogP) is 3.98. The number of hydrogen-bond donors (Lipinski definition) is 4. The maximum Gasteiger partial charge on any atom is 0.335 e. The molecule has 0 saturated carbocycles. The molecule has 1 amide bonds. The number of carboxylic acid groups (broad SMARTS) is 2. The van der Waals surface area contributed by atoms with Gasteiger partial charge in [0.1, 0.15) is 5.84 Å². The number of fused-ring (bicyclic) bond motifs is 1. The first-order valence-electron chi connectivity index (χ1n) is 10.8. The Labute approximate surface area is 210 Å². The number of rotatable bonds is 7. The number of carboxylic acids is 2. The molecule has 1 aliphatic rings. The van der Waals surface area contributed by atoms with Crippen LogP contribution in [0.1, 0.15) is 54.7 Å². The predicted molar refractivity (Wildman–Crippen MR) is 133 cm³/mol. The van der Waals surface area contributed by atoms with Crippen LogP contribution < -0.4 is 11.1 Å². The molecule has 0 fully saturated rings. The number of aromatic carboxylic acids is 1. The average Bonchev–Trinajstić information content (AvgIpc) is 2.84. The van der Waals surface area contributed by atoms with E-state index in [0.29, 0.717) is 11.3 Å². The van der Waals surface area contributed by atoms with Crippen molar-refractivity contribution in [3.8, 4) is 0 Å². The van der Waals surface area contributed by atoms with Crippen molar-refractivity contribution in [1.29, 1.82) is 0 Å². The molecule has 10 heteroatoms. The topological polar surface area (TPSA) is 159 Å². The Balaban J connectivity index is 1.54. The summed E-state index contributed by atoms with van der Waals surface area (Å²) in [7, 11) is 0. The number of amides is 1. The zero-order valence-electron chi connectivity index (χ0n) is 19.0. The van der Waals surface area contributed by atoms with Gasteiger partial charge in [-0.3, -0.25) is 9.59 Å². The number of aryl methyl sites for hydroxylation is 1. The molecular formula is C26H21N3O6S. The fraction of sp³-hybridized carbons (Fsp3) is 0.115. The molecule has 0 aromatic heterocycles. The normalized spacial score (nSPS) is 13.4. The Bertz CT molecular complexity index is 1430. The lowest BCUT2D eigenvalue weighted by atomic mass is 10.0. The molecule has 0 radical (unpaired) electrons. The second-order valence-corrected chi connectivity index (χ2v) is 9.19. The van der Waals surface area contributed by atoms with E-state index in [1.807, 2.05) is 13.0 Å². The Morgan fingerprint density at radius 2 is 1.75 bits per heavy atom. The molecule has 0 spiro atoms. The van der Waals surface area contributed by atoms with Gasteiger partial charge in [0.25, 0.3) is 5.91 Å². The van der Waals surface area contributed by atoms with Crippen LogP contribution in [0.4, 0.5) is 5.69 Å². The van der Waals surface area contributed by atoms with Crippen molar-refractivity contribution in [2.45, 2.75) is 29.2 Å². The first-order valence-corrected chi connectivity index (χ1v) is 11.6. The van der Waals surface area contributed by atoms with Crippen LogP contribution in [0.25, 0.3) is 0 Å². The maximum atomic E-state index is 12.8. The number of carbonyl (C=O) groups is 4. The molecule has 36 heavy (non-hydrogen) atoms. The molecule has 4 rings (SSSR count). The largest absolute Gasteiger partial charge is 0.479 e. The van der Waals surface area contributed by atoms with Gasteiger partial charge in [0, 0.05) is 15.4 Å². The fourth-order valence-electron chi connectivity index (χ4n) is 3.76. The standard InChI is InChI=1S/C26H21N3O6S/c1-13-5-10-18-21(19(30)12-20(27)28-18)23(13)36-17-8-6-14(7-9-17)24(31)29-22(26(34)35)15-3-2-4-16(11-15)25(32)33/h2-11,22H,12H2,1H3,(H2,27,28)(H,29,31)(H,32,33)(H,34,35)/t22-/m0/s1. The number of nitrogens with zero attached hydrogens (tertiary/aromatic N) is 1. The molecule has 182 valence electrons. The third-order valence-electron chi connectivity index (χ3n) is 5.54. The van der Waals surface area contributed by atoms with Crippen molar-refractivity contribution in [2.75, 3.05) is 0 Å². The van der Waals surface area contributed by atoms with Crippen LogP contribution >= 0.6 is 11.8 Å². The number of ketones is 1. The van der Waals surface area contributed by atoms with E-state index in [9.17, 15) is 24.3 Å². The zero-order valence-corrected chi connectivity index (χ0v) is 19.8. The molecule has 1 atom stereocenters. The minimum absolute atomic E-state index is 0.0588. The summed E-state index contributed by atoms with van der Waals surface area (Å²) < 4.78 is 0. The van der Waals surface area contributed by atoms with Crippen LogP contribution in [-0.4, -0.2) is 39.7 Å². The van der Waals surface area contributed by atoms with Crippen LogP contribution in [0.2, 0.25) is 0 Å². The number of nitrogens with one attached hydrogen (secondary N) is 1. The second kappa shape index (κ2) is 10.0. The fourth-order valence-corrected chi connectivity index (χ4v) is 4.82. The molecule has 9 nitrogen and oxygen atoms in total. The minimum atomic E-state index is -1.43. The number of hydrogen-bond acceptors (Lipinski definition) is 7. The van der Waals surface area contributed by atoms with Gasteiger partial charge in [0.2, 0.25) is 0 Å². The lowest BCUT2D eigenvalue weighted by Gasteiger charge is -2.18. The molecule has 1 heterocycles. The van der Waals surface area contributed by atoms with Crippen LogP contribution in [0.3, 0.4) is 0 Å². The van der Waals surface area contributed by atoms with Gasteiger partial charge in [-0.05, 0) is 60.5 Å².